The summed E-state index contributed by atoms with van der Waals surface area (Å²) in [6.45, 7) is 1.20. The van der Waals surface area contributed by atoms with Gasteiger partial charge in [-0.15, -0.1) is 0 Å². The van der Waals surface area contributed by atoms with Gasteiger partial charge in [0.15, 0.2) is 5.79 Å². The van der Waals surface area contributed by atoms with E-state index < -0.39 is 11.8 Å². The van der Waals surface area contributed by atoms with E-state index in [4.69, 9.17) is 9.47 Å². The van der Waals surface area contributed by atoms with Gasteiger partial charge in [0.2, 0.25) is 0 Å². The lowest BCUT2D eigenvalue weighted by atomic mass is 9.66. The molecule has 0 saturated carbocycles. The Morgan fingerprint density at radius 1 is 1.47 bits per heavy atom. The number of ether oxygens (including phenoxy) is 2. The fraction of sp³-hybridized carbons (Fsp3) is 0.615. The normalized spacial score (nSPS) is 50.0. The predicted molar refractivity (Wildman–Crippen MR) is 58.1 cm³/mol. The summed E-state index contributed by atoms with van der Waals surface area (Å²) in [5.74, 6) is -1.25. The summed E-state index contributed by atoms with van der Waals surface area (Å²) in [5, 5.41) is 9.36. The minimum atomic E-state index is -0.822. The van der Waals surface area contributed by atoms with E-state index in [0.29, 0.717) is 24.7 Å². The predicted octanol–water partition coefficient (Wildman–Crippen LogP) is 1.34. The Morgan fingerprint density at radius 3 is 3.00 bits per heavy atom. The standard InChI is InChI=1S/C13H14O4/c14-11(15)9-6-8-2-1-3-12(8)4-5-16-13(7-17-13)10(9)12/h1,3,6,8,10H,2,4-5,7H2,(H,14,15). The smallest absolute Gasteiger partial charge is 0.331 e. The molecular weight excluding hydrogens is 220 g/mol. The minimum Gasteiger partial charge on any atom is -0.478 e. The zero-order valence-electron chi connectivity index (χ0n) is 9.39. The largest absolute Gasteiger partial charge is 0.478 e. The number of carbonyl (C=O) groups is 1. The summed E-state index contributed by atoms with van der Waals surface area (Å²) >= 11 is 0. The summed E-state index contributed by atoms with van der Waals surface area (Å²) in [4.78, 5) is 11.4. The molecule has 4 aliphatic rings. The summed E-state index contributed by atoms with van der Waals surface area (Å²) in [7, 11) is 0. The van der Waals surface area contributed by atoms with Gasteiger partial charge < -0.3 is 14.6 Å². The van der Waals surface area contributed by atoms with Crippen LogP contribution in [-0.4, -0.2) is 30.1 Å². The SMILES string of the molecule is O=C(O)C1=CC2CC=CC23CCOC2(CO2)C13. The molecule has 2 saturated heterocycles. The van der Waals surface area contributed by atoms with Crippen molar-refractivity contribution >= 4 is 5.97 Å². The van der Waals surface area contributed by atoms with Gasteiger partial charge in [0, 0.05) is 11.0 Å². The lowest BCUT2D eigenvalue weighted by molar-refractivity contribution is -0.154. The Hall–Kier alpha value is -1.13. The van der Waals surface area contributed by atoms with Crippen molar-refractivity contribution in [2.75, 3.05) is 13.2 Å². The second-order valence-electron chi connectivity index (χ2n) is 5.42. The van der Waals surface area contributed by atoms with Crippen LogP contribution in [0.4, 0.5) is 0 Å². The maximum absolute atomic E-state index is 11.4. The molecule has 4 atom stereocenters. The molecule has 4 unspecified atom stereocenters. The average Bonchev–Trinajstić information content (AvgIpc) is 2.80. The number of rotatable bonds is 1. The van der Waals surface area contributed by atoms with Gasteiger partial charge in [-0.05, 0) is 18.8 Å². The molecule has 2 fully saturated rings. The molecule has 17 heavy (non-hydrogen) atoms. The van der Waals surface area contributed by atoms with Gasteiger partial charge in [-0.1, -0.05) is 18.2 Å². The van der Waals surface area contributed by atoms with Crippen LogP contribution in [0.3, 0.4) is 0 Å². The molecule has 2 aliphatic carbocycles. The fourth-order valence-corrected chi connectivity index (χ4v) is 3.97. The van der Waals surface area contributed by atoms with Crippen molar-refractivity contribution in [3.63, 3.8) is 0 Å². The highest BCUT2D eigenvalue weighted by molar-refractivity contribution is 5.89. The van der Waals surface area contributed by atoms with Gasteiger partial charge >= 0.3 is 5.97 Å². The molecule has 4 rings (SSSR count). The number of hydrogen-bond acceptors (Lipinski definition) is 3. The van der Waals surface area contributed by atoms with Crippen molar-refractivity contribution in [3.05, 3.63) is 23.8 Å². The number of carboxylic acids is 1. The maximum Gasteiger partial charge on any atom is 0.331 e. The molecule has 0 amide bonds. The first-order valence-electron chi connectivity index (χ1n) is 6.09. The second-order valence-corrected chi connectivity index (χ2v) is 5.42. The molecule has 0 aromatic carbocycles. The van der Waals surface area contributed by atoms with Crippen molar-refractivity contribution in [2.24, 2.45) is 17.3 Å². The summed E-state index contributed by atoms with van der Waals surface area (Å²) in [6, 6.07) is 0. The van der Waals surface area contributed by atoms with Crippen molar-refractivity contribution in [1.29, 1.82) is 0 Å². The lowest BCUT2D eigenvalue weighted by Gasteiger charge is -2.43. The third-order valence-corrected chi connectivity index (χ3v) is 4.73. The summed E-state index contributed by atoms with van der Waals surface area (Å²) in [5.41, 5.74) is 0.444. The molecular formula is C13H14O4. The summed E-state index contributed by atoms with van der Waals surface area (Å²) in [6.07, 6.45) is 8.17. The monoisotopic (exact) mass is 234 g/mol. The van der Waals surface area contributed by atoms with Crippen LogP contribution in [-0.2, 0) is 14.3 Å². The molecule has 0 bridgehead atoms. The quantitative estimate of drug-likeness (QED) is 0.549. The third-order valence-electron chi connectivity index (χ3n) is 4.73. The van der Waals surface area contributed by atoms with Crippen molar-refractivity contribution in [2.45, 2.75) is 18.6 Å². The number of hydrogen-bond donors (Lipinski definition) is 1. The maximum atomic E-state index is 11.4. The van der Waals surface area contributed by atoms with E-state index in [0.717, 1.165) is 12.8 Å². The van der Waals surface area contributed by atoms with Crippen LogP contribution in [0.25, 0.3) is 0 Å². The Morgan fingerprint density at radius 2 is 2.29 bits per heavy atom. The average molecular weight is 234 g/mol. The number of fused-ring (bicyclic) bond motifs is 1. The molecule has 4 heteroatoms. The van der Waals surface area contributed by atoms with E-state index in [2.05, 4.69) is 12.2 Å². The van der Waals surface area contributed by atoms with Crippen LogP contribution in [0.1, 0.15) is 12.8 Å². The van der Waals surface area contributed by atoms with E-state index in [1.54, 1.807) is 0 Å². The van der Waals surface area contributed by atoms with Gasteiger partial charge in [-0.25, -0.2) is 4.79 Å². The van der Waals surface area contributed by atoms with Gasteiger partial charge in [-0.3, -0.25) is 0 Å². The van der Waals surface area contributed by atoms with Crippen LogP contribution >= 0.6 is 0 Å². The van der Waals surface area contributed by atoms with Gasteiger partial charge in [0.25, 0.3) is 0 Å². The Labute approximate surface area is 98.9 Å². The molecule has 0 aromatic heterocycles. The first-order chi connectivity index (χ1) is 8.18. The lowest BCUT2D eigenvalue weighted by Crippen LogP contribution is -2.47. The second kappa shape index (κ2) is 2.82. The van der Waals surface area contributed by atoms with Crippen LogP contribution < -0.4 is 0 Å². The van der Waals surface area contributed by atoms with E-state index in [-0.39, 0.29) is 11.3 Å². The van der Waals surface area contributed by atoms with E-state index in [1.807, 2.05) is 6.08 Å². The van der Waals surface area contributed by atoms with Crippen LogP contribution in [0.15, 0.2) is 23.8 Å². The molecule has 2 spiro atoms. The minimum absolute atomic E-state index is 0.0531. The zero-order chi connectivity index (χ0) is 11.7. The number of carboxylic acid groups (broad SMARTS) is 1. The summed E-state index contributed by atoms with van der Waals surface area (Å²) < 4.78 is 11.2. The Bertz CT molecular complexity index is 460. The van der Waals surface area contributed by atoms with Crippen molar-refractivity contribution in [1.82, 2.24) is 0 Å². The Kier molecular flexibility index (Phi) is 1.63. The third kappa shape index (κ3) is 1.03. The zero-order valence-corrected chi connectivity index (χ0v) is 9.39. The highest BCUT2D eigenvalue weighted by Crippen LogP contribution is 2.64. The van der Waals surface area contributed by atoms with E-state index >= 15 is 0 Å². The molecule has 1 N–H and O–H groups in total. The first-order valence-corrected chi connectivity index (χ1v) is 6.09. The van der Waals surface area contributed by atoms with E-state index in [9.17, 15) is 9.90 Å². The van der Waals surface area contributed by atoms with E-state index in [1.165, 1.54) is 0 Å². The van der Waals surface area contributed by atoms with Gasteiger partial charge in [-0.2, -0.15) is 0 Å². The van der Waals surface area contributed by atoms with Gasteiger partial charge in [0.05, 0.1) is 12.5 Å². The van der Waals surface area contributed by atoms with Crippen LogP contribution in [0.5, 0.6) is 0 Å². The molecule has 90 valence electrons. The topological polar surface area (TPSA) is 59.1 Å². The molecule has 2 heterocycles. The molecule has 2 aliphatic heterocycles. The first kappa shape index (κ1) is 9.85. The number of aliphatic carboxylic acids is 1. The van der Waals surface area contributed by atoms with Crippen molar-refractivity contribution < 1.29 is 19.4 Å². The van der Waals surface area contributed by atoms with Gasteiger partial charge in [0.1, 0.15) is 6.61 Å². The molecule has 0 aromatic rings. The van der Waals surface area contributed by atoms with Crippen LogP contribution in [0, 0.1) is 17.3 Å². The number of allylic oxidation sites excluding steroid dienone is 3. The number of epoxide rings is 1. The highest BCUT2D eigenvalue weighted by Gasteiger charge is 2.69. The Balaban J connectivity index is 1.85. The van der Waals surface area contributed by atoms with Crippen LogP contribution in [0.2, 0.25) is 0 Å². The fourth-order valence-electron chi connectivity index (χ4n) is 3.97. The molecule has 4 nitrogen and oxygen atoms in total. The molecule has 0 radical (unpaired) electrons. The van der Waals surface area contributed by atoms with Crippen molar-refractivity contribution in [3.8, 4) is 0 Å². The highest BCUT2D eigenvalue weighted by atomic mass is 16.8.